The summed E-state index contributed by atoms with van der Waals surface area (Å²) >= 11 is 0. The van der Waals surface area contributed by atoms with Crippen molar-refractivity contribution in [3.05, 3.63) is 0 Å². The summed E-state index contributed by atoms with van der Waals surface area (Å²) in [5.74, 6) is 0.116. The van der Waals surface area contributed by atoms with Crippen LogP contribution in [0.15, 0.2) is 0 Å². The summed E-state index contributed by atoms with van der Waals surface area (Å²) in [5.41, 5.74) is -0.364. The molecule has 2 fully saturated rings. The fraction of sp³-hybridized carbons (Fsp3) is 0.889. The molecule has 1 aliphatic heterocycles. The molecule has 0 aromatic carbocycles. The highest BCUT2D eigenvalue weighted by molar-refractivity contribution is 5.87. The third-order valence-corrected chi connectivity index (χ3v) is 3.12. The molecule has 1 saturated carbocycles. The van der Waals surface area contributed by atoms with Crippen molar-refractivity contribution in [2.24, 2.45) is 0 Å². The van der Waals surface area contributed by atoms with Crippen molar-refractivity contribution < 1.29 is 9.90 Å². The molecular weight excluding hydrogens is 204 g/mol. The number of aliphatic hydroxyl groups excluding tert-OH is 1. The van der Waals surface area contributed by atoms with E-state index in [1.165, 1.54) is 0 Å². The molecule has 1 heterocycles. The monoisotopic (exact) mass is 220 g/mol. The Morgan fingerprint density at radius 1 is 1.29 bits per heavy atom. The summed E-state index contributed by atoms with van der Waals surface area (Å²) in [6.07, 6.45) is 2.79. The van der Waals surface area contributed by atoms with Crippen LogP contribution >= 0.6 is 12.4 Å². The summed E-state index contributed by atoms with van der Waals surface area (Å²) in [4.78, 5) is 11.6. The molecule has 1 amide bonds. The topological polar surface area (TPSA) is 61.4 Å². The number of carbonyl (C=O) groups is 1. The first-order chi connectivity index (χ1) is 6.23. The van der Waals surface area contributed by atoms with Gasteiger partial charge in [0.05, 0.1) is 11.6 Å². The summed E-state index contributed by atoms with van der Waals surface area (Å²) in [6.45, 7) is 1.57. The second kappa shape index (κ2) is 4.47. The second-order valence-corrected chi connectivity index (χ2v) is 4.00. The van der Waals surface area contributed by atoms with E-state index in [0.717, 1.165) is 38.8 Å². The Bertz CT molecular complexity index is 215. The van der Waals surface area contributed by atoms with Crippen LogP contribution in [0, 0.1) is 0 Å². The van der Waals surface area contributed by atoms with Crippen LogP contribution in [-0.2, 0) is 4.79 Å². The average Bonchev–Trinajstić information content (AvgIpc) is 2.15. The van der Waals surface area contributed by atoms with Crippen LogP contribution in [0.25, 0.3) is 0 Å². The predicted octanol–water partition coefficient (Wildman–Crippen LogP) is -0.199. The van der Waals surface area contributed by atoms with Crippen molar-refractivity contribution in [3.8, 4) is 0 Å². The fourth-order valence-corrected chi connectivity index (χ4v) is 2.23. The zero-order chi connectivity index (χ0) is 9.31. The lowest BCUT2D eigenvalue weighted by Crippen LogP contribution is -2.64. The molecule has 1 aliphatic carbocycles. The number of piperazine rings is 1. The molecule has 14 heavy (non-hydrogen) atoms. The highest BCUT2D eigenvalue weighted by atomic mass is 35.5. The van der Waals surface area contributed by atoms with Crippen LogP contribution in [0.5, 0.6) is 0 Å². The number of nitrogens with one attached hydrogen (secondary N) is 2. The van der Waals surface area contributed by atoms with Crippen LogP contribution in [0.3, 0.4) is 0 Å². The lowest BCUT2D eigenvalue weighted by atomic mass is 9.79. The van der Waals surface area contributed by atoms with E-state index >= 15 is 0 Å². The summed E-state index contributed by atoms with van der Waals surface area (Å²) in [6, 6.07) is 0. The molecule has 5 heteroatoms. The Labute approximate surface area is 89.9 Å². The van der Waals surface area contributed by atoms with Gasteiger partial charge in [0, 0.05) is 13.1 Å². The van der Waals surface area contributed by atoms with Crippen molar-refractivity contribution in [2.45, 2.75) is 37.3 Å². The molecule has 1 spiro atoms. The number of hydrogen-bond donors (Lipinski definition) is 3. The van der Waals surface area contributed by atoms with Gasteiger partial charge in [0.1, 0.15) is 0 Å². The Balaban J connectivity index is 0.000000980. The standard InChI is InChI=1S/C9H16N2O2.ClH/c12-7-1-3-9(4-2-7)8(13)10-5-6-11-9;/h7,11-12H,1-6H2,(H,10,13);1H/t7-,9+;. The number of hydrogen-bond acceptors (Lipinski definition) is 3. The molecule has 0 aromatic rings. The van der Waals surface area contributed by atoms with Gasteiger partial charge in [-0.25, -0.2) is 0 Å². The van der Waals surface area contributed by atoms with Crippen LogP contribution in [-0.4, -0.2) is 35.7 Å². The van der Waals surface area contributed by atoms with E-state index in [-0.39, 0.29) is 30.0 Å². The Kier molecular flexibility index (Phi) is 3.75. The Morgan fingerprint density at radius 2 is 1.93 bits per heavy atom. The first-order valence-electron chi connectivity index (χ1n) is 4.94. The minimum Gasteiger partial charge on any atom is -0.393 e. The van der Waals surface area contributed by atoms with Gasteiger partial charge in [-0.15, -0.1) is 12.4 Å². The van der Waals surface area contributed by atoms with Crippen molar-refractivity contribution in [2.75, 3.05) is 13.1 Å². The molecule has 1 saturated heterocycles. The van der Waals surface area contributed by atoms with E-state index in [0.29, 0.717) is 0 Å². The molecule has 82 valence electrons. The third kappa shape index (κ3) is 2.02. The zero-order valence-electron chi connectivity index (χ0n) is 8.08. The number of halogens is 1. The van der Waals surface area contributed by atoms with E-state index in [9.17, 15) is 9.90 Å². The van der Waals surface area contributed by atoms with Crippen molar-refractivity contribution in [1.82, 2.24) is 10.6 Å². The fourth-order valence-electron chi connectivity index (χ4n) is 2.23. The first-order valence-corrected chi connectivity index (χ1v) is 4.94. The van der Waals surface area contributed by atoms with Gasteiger partial charge >= 0.3 is 0 Å². The lowest BCUT2D eigenvalue weighted by Gasteiger charge is -2.41. The minimum absolute atomic E-state index is 0. The van der Waals surface area contributed by atoms with Gasteiger partial charge in [-0.2, -0.15) is 0 Å². The van der Waals surface area contributed by atoms with E-state index in [1.807, 2.05) is 0 Å². The molecule has 0 atom stereocenters. The maximum atomic E-state index is 11.6. The first kappa shape index (κ1) is 11.8. The zero-order valence-corrected chi connectivity index (χ0v) is 8.90. The summed E-state index contributed by atoms with van der Waals surface area (Å²) in [7, 11) is 0. The summed E-state index contributed by atoms with van der Waals surface area (Å²) in [5, 5.41) is 15.5. The van der Waals surface area contributed by atoms with Gasteiger partial charge in [0.25, 0.3) is 0 Å². The smallest absolute Gasteiger partial charge is 0.240 e. The van der Waals surface area contributed by atoms with Crippen molar-refractivity contribution >= 4 is 18.3 Å². The molecule has 3 N–H and O–H groups in total. The maximum absolute atomic E-state index is 11.6. The molecule has 4 nitrogen and oxygen atoms in total. The number of aliphatic hydroxyl groups is 1. The lowest BCUT2D eigenvalue weighted by molar-refractivity contribution is -0.131. The average molecular weight is 221 g/mol. The van der Waals surface area contributed by atoms with Gasteiger partial charge in [0.2, 0.25) is 5.91 Å². The van der Waals surface area contributed by atoms with Crippen molar-refractivity contribution in [3.63, 3.8) is 0 Å². The summed E-state index contributed by atoms with van der Waals surface area (Å²) < 4.78 is 0. The number of rotatable bonds is 0. The van der Waals surface area contributed by atoms with Crippen LogP contribution < -0.4 is 10.6 Å². The normalized spacial score (nSPS) is 37.5. The van der Waals surface area contributed by atoms with E-state index in [2.05, 4.69) is 10.6 Å². The van der Waals surface area contributed by atoms with Gasteiger partial charge in [-0.05, 0) is 25.7 Å². The predicted molar refractivity (Wildman–Crippen MR) is 55.5 cm³/mol. The van der Waals surface area contributed by atoms with E-state index < -0.39 is 0 Å². The van der Waals surface area contributed by atoms with E-state index in [1.54, 1.807) is 0 Å². The SMILES string of the molecule is Cl.O=C1NCCN[C@]12CC[C@@H](O)CC2. The largest absolute Gasteiger partial charge is 0.393 e. The molecule has 0 unspecified atom stereocenters. The second-order valence-electron chi connectivity index (χ2n) is 4.00. The highest BCUT2D eigenvalue weighted by Crippen LogP contribution is 2.29. The maximum Gasteiger partial charge on any atom is 0.240 e. The van der Waals surface area contributed by atoms with Gasteiger partial charge in [0.15, 0.2) is 0 Å². The van der Waals surface area contributed by atoms with Gasteiger partial charge in [-0.1, -0.05) is 0 Å². The van der Waals surface area contributed by atoms with E-state index in [4.69, 9.17) is 0 Å². The quantitative estimate of drug-likeness (QED) is 0.530. The highest BCUT2D eigenvalue weighted by Gasteiger charge is 2.42. The Morgan fingerprint density at radius 3 is 2.50 bits per heavy atom. The Hall–Kier alpha value is -0.320. The molecule has 0 bridgehead atoms. The minimum atomic E-state index is -0.364. The third-order valence-electron chi connectivity index (χ3n) is 3.12. The molecule has 0 aromatic heterocycles. The van der Waals surface area contributed by atoms with Gasteiger partial charge in [-0.3, -0.25) is 4.79 Å². The number of carbonyl (C=O) groups excluding carboxylic acids is 1. The van der Waals surface area contributed by atoms with Gasteiger partial charge < -0.3 is 15.7 Å². The molecular formula is C9H17ClN2O2. The molecule has 2 rings (SSSR count). The number of amides is 1. The molecule has 0 radical (unpaired) electrons. The molecule has 2 aliphatic rings. The van der Waals surface area contributed by atoms with Crippen LogP contribution in [0.1, 0.15) is 25.7 Å². The van der Waals surface area contributed by atoms with Crippen molar-refractivity contribution in [1.29, 1.82) is 0 Å². The van der Waals surface area contributed by atoms with Crippen LogP contribution in [0.4, 0.5) is 0 Å². The van der Waals surface area contributed by atoms with Crippen LogP contribution in [0.2, 0.25) is 0 Å².